The maximum absolute atomic E-state index is 13.5. The Bertz CT molecular complexity index is 1710. The number of anilines is 1. The van der Waals surface area contributed by atoms with Crippen LogP contribution in [-0.4, -0.2) is 33.3 Å². The molecule has 3 aromatic carbocycles. The fourth-order valence-electron chi connectivity index (χ4n) is 5.02. The maximum atomic E-state index is 13.5. The minimum absolute atomic E-state index is 0.0489. The van der Waals surface area contributed by atoms with Crippen LogP contribution in [0, 0.1) is 17.0 Å². The van der Waals surface area contributed by atoms with E-state index in [1.807, 2.05) is 25.1 Å². The van der Waals surface area contributed by atoms with Gasteiger partial charge in [0.1, 0.15) is 5.82 Å². The quantitative estimate of drug-likeness (QED) is 0.151. The van der Waals surface area contributed by atoms with Crippen LogP contribution in [0.5, 0.6) is 5.75 Å². The molecule has 1 amide bonds. The second-order valence-corrected chi connectivity index (χ2v) is 10.4. The van der Waals surface area contributed by atoms with Crippen molar-refractivity contribution in [1.29, 1.82) is 0 Å². The van der Waals surface area contributed by atoms with Gasteiger partial charge in [0, 0.05) is 28.3 Å². The molecule has 0 atom stereocenters. The topological polar surface area (TPSA) is 129 Å². The summed E-state index contributed by atoms with van der Waals surface area (Å²) in [6.45, 7) is 1.35. The van der Waals surface area contributed by atoms with Gasteiger partial charge in [-0.05, 0) is 49.6 Å². The zero-order valence-electron chi connectivity index (χ0n) is 22.4. The molecule has 5 rings (SSSR count). The molecule has 0 bridgehead atoms. The van der Waals surface area contributed by atoms with Crippen LogP contribution < -0.4 is 15.6 Å². The number of amides is 1. The van der Waals surface area contributed by atoms with E-state index in [4.69, 9.17) is 21.3 Å². The Morgan fingerprint density at radius 2 is 1.90 bits per heavy atom. The lowest BCUT2D eigenvalue weighted by Crippen LogP contribution is -2.25. The minimum Gasteiger partial charge on any atom is -0.476 e. The fourth-order valence-corrected chi connectivity index (χ4v) is 5.24. The Balaban J connectivity index is 1.52. The lowest BCUT2D eigenvalue weighted by molar-refractivity contribution is -0.385. The zero-order valence-corrected chi connectivity index (χ0v) is 23.1. The van der Waals surface area contributed by atoms with E-state index in [-0.39, 0.29) is 27.8 Å². The summed E-state index contributed by atoms with van der Waals surface area (Å²) in [5.74, 6) is -0.0981. The van der Waals surface area contributed by atoms with Crippen molar-refractivity contribution in [2.45, 2.75) is 44.9 Å². The molecular weight excluding hydrogens is 546 g/mol. The lowest BCUT2D eigenvalue weighted by atomic mass is 9.88. The summed E-state index contributed by atoms with van der Waals surface area (Å²) in [4.78, 5) is 42.2. The van der Waals surface area contributed by atoms with Gasteiger partial charge in [0.15, 0.2) is 6.61 Å². The van der Waals surface area contributed by atoms with Crippen LogP contribution in [0.4, 0.5) is 11.4 Å². The number of nitrogens with zero attached hydrogens (tertiary/aromatic N) is 4. The van der Waals surface area contributed by atoms with Crippen molar-refractivity contribution in [2.75, 3.05) is 11.9 Å². The average molecular weight is 574 g/mol. The van der Waals surface area contributed by atoms with Gasteiger partial charge >= 0.3 is 5.69 Å². The van der Waals surface area contributed by atoms with Crippen molar-refractivity contribution >= 4 is 46.0 Å². The van der Waals surface area contributed by atoms with Crippen molar-refractivity contribution in [3.05, 3.63) is 103 Å². The molecule has 10 nitrogen and oxygen atoms in total. The highest BCUT2D eigenvalue weighted by Gasteiger charge is 2.24. The predicted octanol–water partition coefficient (Wildman–Crippen LogP) is 6.21. The smallest absolute Gasteiger partial charge is 0.313 e. The molecular formula is C30H28ClN5O5. The second kappa shape index (κ2) is 12.3. The Morgan fingerprint density at radius 3 is 2.66 bits per heavy atom. The molecule has 11 heteroatoms. The van der Waals surface area contributed by atoms with E-state index in [1.54, 1.807) is 30.3 Å². The van der Waals surface area contributed by atoms with Crippen LogP contribution in [0.2, 0.25) is 5.02 Å². The van der Waals surface area contributed by atoms with Gasteiger partial charge in [-0.15, -0.1) is 0 Å². The number of nitro groups is 1. The van der Waals surface area contributed by atoms with Gasteiger partial charge in [0.05, 0.1) is 22.0 Å². The highest BCUT2D eigenvalue weighted by Crippen LogP contribution is 2.35. The first kappa shape index (κ1) is 28.0. The van der Waals surface area contributed by atoms with E-state index in [9.17, 15) is 19.7 Å². The molecule has 210 valence electrons. The first-order chi connectivity index (χ1) is 19.8. The van der Waals surface area contributed by atoms with E-state index in [1.165, 1.54) is 17.0 Å². The van der Waals surface area contributed by atoms with E-state index in [0.717, 1.165) is 43.7 Å². The van der Waals surface area contributed by atoms with Crippen LogP contribution in [-0.2, 0) is 4.79 Å². The summed E-state index contributed by atoms with van der Waals surface area (Å²) in [6, 6.07) is 16.9. The standard InChI is InChI=1S/C30H28ClN5O5/c1-19-9-5-7-13-24(19)33-27(37)18-41-28-21(15-22(31)16-26(28)36(39)40)17-32-35-29(20-10-3-2-4-11-20)34-25-14-8-6-12-23(25)30(35)38/h5-9,12-17,20H,2-4,10-11,18H2,1H3,(H,33,37). The molecule has 1 fully saturated rings. The third-order valence-corrected chi connectivity index (χ3v) is 7.31. The molecule has 0 saturated heterocycles. The predicted molar refractivity (Wildman–Crippen MR) is 158 cm³/mol. The third-order valence-electron chi connectivity index (χ3n) is 7.09. The van der Waals surface area contributed by atoms with Crippen molar-refractivity contribution in [1.82, 2.24) is 9.66 Å². The number of ether oxygens (including phenoxy) is 1. The number of para-hydroxylation sites is 2. The molecule has 0 aliphatic heterocycles. The van der Waals surface area contributed by atoms with E-state index < -0.39 is 23.1 Å². The molecule has 4 aromatic rings. The largest absolute Gasteiger partial charge is 0.476 e. The summed E-state index contributed by atoms with van der Waals surface area (Å²) in [5.41, 5.74) is 1.42. The molecule has 1 aliphatic rings. The first-order valence-corrected chi connectivity index (χ1v) is 13.7. The van der Waals surface area contributed by atoms with Gasteiger partial charge in [-0.25, -0.2) is 4.98 Å². The molecule has 41 heavy (non-hydrogen) atoms. The number of carbonyl (C=O) groups excluding carboxylic acids is 1. The first-order valence-electron chi connectivity index (χ1n) is 13.3. The monoisotopic (exact) mass is 573 g/mol. The van der Waals surface area contributed by atoms with Gasteiger partial charge in [0.2, 0.25) is 5.75 Å². The third kappa shape index (κ3) is 6.28. The van der Waals surface area contributed by atoms with Gasteiger partial charge < -0.3 is 10.1 Å². The van der Waals surface area contributed by atoms with Crippen LogP contribution in [0.15, 0.2) is 70.6 Å². The van der Waals surface area contributed by atoms with E-state index in [0.29, 0.717) is 22.4 Å². The van der Waals surface area contributed by atoms with Gasteiger partial charge in [-0.1, -0.05) is 61.2 Å². The van der Waals surface area contributed by atoms with Gasteiger partial charge in [-0.3, -0.25) is 19.7 Å². The molecule has 1 aromatic heterocycles. The Kier molecular flexibility index (Phi) is 8.39. The Hall–Kier alpha value is -4.57. The fraction of sp³-hybridized carbons (Fsp3) is 0.267. The van der Waals surface area contributed by atoms with Crippen LogP contribution in [0.3, 0.4) is 0 Å². The van der Waals surface area contributed by atoms with Gasteiger partial charge in [0.25, 0.3) is 11.5 Å². The highest BCUT2D eigenvalue weighted by molar-refractivity contribution is 6.31. The molecule has 0 radical (unpaired) electrons. The van der Waals surface area contributed by atoms with Crippen molar-refractivity contribution < 1.29 is 14.5 Å². The molecule has 1 heterocycles. The summed E-state index contributed by atoms with van der Waals surface area (Å²) in [7, 11) is 0. The number of hydrogen-bond donors (Lipinski definition) is 1. The molecule has 0 spiro atoms. The zero-order chi connectivity index (χ0) is 28.9. The summed E-state index contributed by atoms with van der Waals surface area (Å²) < 4.78 is 6.95. The SMILES string of the molecule is Cc1ccccc1NC(=O)COc1c(C=Nn2c(C3CCCCC3)nc3ccccc3c2=O)cc(Cl)cc1[N+](=O)[O-]. The Morgan fingerprint density at radius 1 is 1.17 bits per heavy atom. The number of hydrogen-bond acceptors (Lipinski definition) is 7. The number of carbonyl (C=O) groups is 1. The summed E-state index contributed by atoms with van der Waals surface area (Å²) in [6.07, 6.45) is 6.24. The van der Waals surface area contributed by atoms with Crippen LogP contribution >= 0.6 is 11.6 Å². The van der Waals surface area contributed by atoms with E-state index >= 15 is 0 Å². The second-order valence-electron chi connectivity index (χ2n) is 9.94. The summed E-state index contributed by atoms with van der Waals surface area (Å²) in [5, 5.41) is 19.6. The maximum Gasteiger partial charge on any atom is 0.313 e. The van der Waals surface area contributed by atoms with Gasteiger partial charge in [-0.2, -0.15) is 9.78 Å². The Labute approximate surface area is 240 Å². The van der Waals surface area contributed by atoms with Crippen molar-refractivity contribution in [2.24, 2.45) is 5.10 Å². The number of fused-ring (bicyclic) bond motifs is 1. The number of halogens is 1. The number of aryl methyl sites for hydroxylation is 1. The number of benzene rings is 3. The molecule has 1 N–H and O–H groups in total. The summed E-state index contributed by atoms with van der Waals surface area (Å²) >= 11 is 6.22. The number of rotatable bonds is 8. The number of nitro benzene ring substituents is 1. The molecule has 1 aliphatic carbocycles. The number of aromatic nitrogens is 2. The average Bonchev–Trinajstić information content (AvgIpc) is 2.97. The molecule has 0 unspecified atom stereocenters. The van der Waals surface area contributed by atoms with Crippen molar-refractivity contribution in [3.63, 3.8) is 0 Å². The van der Waals surface area contributed by atoms with Crippen molar-refractivity contribution in [3.8, 4) is 5.75 Å². The lowest BCUT2D eigenvalue weighted by Gasteiger charge is -2.22. The van der Waals surface area contributed by atoms with E-state index in [2.05, 4.69) is 10.4 Å². The minimum atomic E-state index is -0.644. The van der Waals surface area contributed by atoms with Crippen LogP contribution in [0.1, 0.15) is 55.0 Å². The van der Waals surface area contributed by atoms with Crippen LogP contribution in [0.25, 0.3) is 10.9 Å². The normalized spacial score (nSPS) is 13.9. The number of nitrogens with one attached hydrogen (secondary N) is 1. The molecule has 1 saturated carbocycles. The highest BCUT2D eigenvalue weighted by atomic mass is 35.5.